The number of hydrogen-bond acceptors (Lipinski definition) is 7. The van der Waals surface area contributed by atoms with Gasteiger partial charge in [0.05, 0.1) is 22.6 Å². The van der Waals surface area contributed by atoms with Gasteiger partial charge in [-0.1, -0.05) is 23.8 Å². The molecular formula is C26H29ClFN5OS. The predicted octanol–water partition coefficient (Wildman–Crippen LogP) is 5.39. The molecule has 2 aromatic heterocycles. The summed E-state index contributed by atoms with van der Waals surface area (Å²) in [5.74, 6) is 0.314. The van der Waals surface area contributed by atoms with Crippen molar-refractivity contribution in [3.8, 4) is 0 Å². The fourth-order valence-corrected chi connectivity index (χ4v) is 6.87. The molecule has 5 heterocycles. The van der Waals surface area contributed by atoms with Gasteiger partial charge < -0.3 is 10.1 Å². The standard InChI is InChI=1S/C26H29ClFN5OS/c1-16(3-2-9-32-12-18-5-6-19(13-32)34-18)33-10-8-20-23(14-33)35-26-24(20)25(29-15-30-26)31-17-4-7-22(28)21(27)11-17/h2-4,7,11,15-16,18-19H,5-6,8-10,12-14H2,1H3,(H,29,30,31)/b3-2+. The predicted molar refractivity (Wildman–Crippen MR) is 139 cm³/mol. The molecule has 2 bridgehead atoms. The molecule has 0 spiro atoms. The third kappa shape index (κ3) is 4.82. The Morgan fingerprint density at radius 3 is 2.91 bits per heavy atom. The molecule has 2 fully saturated rings. The van der Waals surface area contributed by atoms with E-state index in [2.05, 4.69) is 44.2 Å². The van der Waals surface area contributed by atoms with Crippen LogP contribution in [-0.2, 0) is 17.7 Å². The zero-order valence-electron chi connectivity index (χ0n) is 19.7. The minimum Gasteiger partial charge on any atom is -0.372 e. The van der Waals surface area contributed by atoms with Gasteiger partial charge in [0, 0.05) is 49.3 Å². The zero-order valence-corrected chi connectivity index (χ0v) is 21.3. The van der Waals surface area contributed by atoms with E-state index in [0.29, 0.717) is 23.9 Å². The summed E-state index contributed by atoms with van der Waals surface area (Å²) < 4.78 is 19.5. The Kier molecular flexibility index (Phi) is 6.49. The van der Waals surface area contributed by atoms with E-state index in [1.807, 2.05) is 0 Å². The second-order valence-electron chi connectivity index (χ2n) is 9.73. The number of anilines is 2. The van der Waals surface area contributed by atoms with E-state index >= 15 is 0 Å². The molecule has 6 rings (SSSR count). The van der Waals surface area contributed by atoms with E-state index < -0.39 is 5.82 Å². The van der Waals surface area contributed by atoms with E-state index in [4.69, 9.17) is 16.3 Å². The number of benzene rings is 1. The Morgan fingerprint density at radius 1 is 1.29 bits per heavy atom. The minimum atomic E-state index is -0.432. The lowest BCUT2D eigenvalue weighted by Gasteiger charge is -2.32. The van der Waals surface area contributed by atoms with Crippen molar-refractivity contribution in [2.75, 3.05) is 31.5 Å². The monoisotopic (exact) mass is 513 g/mol. The second kappa shape index (κ2) is 9.75. The smallest absolute Gasteiger partial charge is 0.142 e. The van der Waals surface area contributed by atoms with Crippen LogP contribution in [0.5, 0.6) is 0 Å². The summed E-state index contributed by atoms with van der Waals surface area (Å²) in [6.07, 6.45) is 10.5. The zero-order chi connectivity index (χ0) is 23.9. The maximum absolute atomic E-state index is 13.6. The van der Waals surface area contributed by atoms with Crippen molar-refractivity contribution < 1.29 is 9.13 Å². The van der Waals surface area contributed by atoms with E-state index in [-0.39, 0.29) is 5.02 Å². The molecule has 2 saturated heterocycles. The van der Waals surface area contributed by atoms with Crippen molar-refractivity contribution in [3.63, 3.8) is 0 Å². The number of halogens is 2. The van der Waals surface area contributed by atoms with Crippen LogP contribution in [0.4, 0.5) is 15.9 Å². The maximum atomic E-state index is 13.6. The van der Waals surface area contributed by atoms with Gasteiger partial charge in [-0.25, -0.2) is 14.4 Å². The van der Waals surface area contributed by atoms with Gasteiger partial charge in [-0.3, -0.25) is 9.80 Å². The van der Waals surface area contributed by atoms with Crippen molar-refractivity contribution in [1.29, 1.82) is 0 Å². The summed E-state index contributed by atoms with van der Waals surface area (Å²) in [4.78, 5) is 16.4. The highest BCUT2D eigenvalue weighted by Gasteiger charge is 2.33. The Hall–Kier alpha value is -2.10. The van der Waals surface area contributed by atoms with Gasteiger partial charge in [0.25, 0.3) is 0 Å². The van der Waals surface area contributed by atoms with Gasteiger partial charge in [-0.05, 0) is 49.9 Å². The lowest BCUT2D eigenvalue weighted by atomic mass is 10.0. The Balaban J connectivity index is 1.14. The van der Waals surface area contributed by atoms with Gasteiger partial charge in [0.1, 0.15) is 22.8 Å². The first-order valence-electron chi connectivity index (χ1n) is 12.3. The average molecular weight is 514 g/mol. The molecule has 3 aliphatic rings. The fraction of sp³-hybridized carbons (Fsp3) is 0.462. The number of fused-ring (bicyclic) bond motifs is 5. The number of ether oxygens (including phenoxy) is 1. The molecule has 0 amide bonds. The molecule has 3 unspecified atom stereocenters. The van der Waals surface area contributed by atoms with Gasteiger partial charge in [-0.15, -0.1) is 11.3 Å². The van der Waals surface area contributed by atoms with Crippen LogP contribution in [-0.4, -0.2) is 64.2 Å². The molecule has 3 aromatic rings. The Bertz CT molecular complexity index is 1250. The first kappa shape index (κ1) is 23.3. The molecule has 1 aromatic carbocycles. The highest BCUT2D eigenvalue weighted by molar-refractivity contribution is 7.19. The molecule has 0 saturated carbocycles. The van der Waals surface area contributed by atoms with Gasteiger partial charge in [0.2, 0.25) is 0 Å². The van der Waals surface area contributed by atoms with E-state index in [9.17, 15) is 4.39 Å². The lowest BCUT2D eigenvalue weighted by molar-refractivity contribution is -0.0344. The van der Waals surface area contributed by atoms with Crippen LogP contribution >= 0.6 is 22.9 Å². The fourth-order valence-electron chi connectivity index (χ4n) is 5.48. The third-order valence-corrected chi connectivity index (χ3v) is 8.74. The van der Waals surface area contributed by atoms with Crippen LogP contribution in [0.3, 0.4) is 0 Å². The first-order valence-corrected chi connectivity index (χ1v) is 13.5. The molecule has 3 aliphatic heterocycles. The summed E-state index contributed by atoms with van der Waals surface area (Å²) >= 11 is 7.71. The molecular weight excluding hydrogens is 485 g/mol. The van der Waals surface area contributed by atoms with Crippen LogP contribution < -0.4 is 5.32 Å². The number of likely N-dealkylation sites (tertiary alicyclic amines) is 1. The third-order valence-electron chi connectivity index (χ3n) is 7.32. The Labute approximate surface area is 213 Å². The van der Waals surface area contributed by atoms with Crippen molar-refractivity contribution in [2.24, 2.45) is 0 Å². The van der Waals surface area contributed by atoms with E-state index in [1.54, 1.807) is 29.8 Å². The van der Waals surface area contributed by atoms with E-state index in [0.717, 1.165) is 55.2 Å². The van der Waals surface area contributed by atoms with Gasteiger partial charge in [0.15, 0.2) is 0 Å². The molecule has 6 nitrogen and oxygen atoms in total. The average Bonchev–Trinajstić information content (AvgIpc) is 3.40. The number of hydrogen-bond donors (Lipinski definition) is 1. The van der Waals surface area contributed by atoms with Crippen LogP contribution in [0.1, 0.15) is 30.2 Å². The summed E-state index contributed by atoms with van der Waals surface area (Å²) in [6.45, 7) is 7.30. The topological polar surface area (TPSA) is 53.5 Å². The quantitative estimate of drug-likeness (QED) is 0.446. The molecule has 0 aliphatic carbocycles. The number of nitrogens with one attached hydrogen (secondary N) is 1. The number of rotatable bonds is 6. The summed E-state index contributed by atoms with van der Waals surface area (Å²) in [5, 5.41) is 4.48. The van der Waals surface area contributed by atoms with Crippen molar-refractivity contribution in [2.45, 2.75) is 51.0 Å². The number of morpholine rings is 1. The highest BCUT2D eigenvalue weighted by atomic mass is 35.5. The molecule has 3 atom stereocenters. The van der Waals surface area contributed by atoms with Gasteiger partial charge in [-0.2, -0.15) is 0 Å². The molecule has 184 valence electrons. The number of aromatic nitrogens is 2. The van der Waals surface area contributed by atoms with Crippen LogP contribution in [0.15, 0.2) is 36.7 Å². The van der Waals surface area contributed by atoms with E-state index in [1.165, 1.54) is 29.3 Å². The van der Waals surface area contributed by atoms with Crippen molar-refractivity contribution in [1.82, 2.24) is 19.8 Å². The van der Waals surface area contributed by atoms with Gasteiger partial charge >= 0.3 is 0 Å². The molecule has 1 N–H and O–H groups in total. The molecule has 0 radical (unpaired) electrons. The maximum Gasteiger partial charge on any atom is 0.142 e. The summed E-state index contributed by atoms with van der Waals surface area (Å²) in [5.41, 5.74) is 2.03. The van der Waals surface area contributed by atoms with Crippen molar-refractivity contribution >= 4 is 44.7 Å². The Morgan fingerprint density at radius 2 is 2.11 bits per heavy atom. The SMILES string of the molecule is CC(/C=C/CN1CC2CCC(C1)O2)N1CCc2c(sc3ncnc(Nc4ccc(F)c(Cl)c4)c23)C1. The molecule has 9 heteroatoms. The van der Waals surface area contributed by atoms with Crippen molar-refractivity contribution in [3.05, 3.63) is 58.0 Å². The number of nitrogens with zero attached hydrogens (tertiary/aromatic N) is 4. The normalized spacial score (nSPS) is 23.7. The number of thiophene rings is 1. The first-order chi connectivity index (χ1) is 17.0. The highest BCUT2D eigenvalue weighted by Crippen LogP contribution is 2.38. The largest absolute Gasteiger partial charge is 0.372 e. The lowest BCUT2D eigenvalue weighted by Crippen LogP contribution is -2.42. The van der Waals surface area contributed by atoms with Crippen LogP contribution in [0.25, 0.3) is 10.2 Å². The summed E-state index contributed by atoms with van der Waals surface area (Å²) in [7, 11) is 0. The summed E-state index contributed by atoms with van der Waals surface area (Å²) in [6, 6.07) is 4.99. The van der Waals surface area contributed by atoms with Crippen LogP contribution in [0.2, 0.25) is 5.02 Å². The van der Waals surface area contributed by atoms with Crippen LogP contribution in [0, 0.1) is 5.82 Å². The minimum absolute atomic E-state index is 0.0892. The second-order valence-corrected chi connectivity index (χ2v) is 11.2. The molecule has 35 heavy (non-hydrogen) atoms.